The summed E-state index contributed by atoms with van der Waals surface area (Å²) in [4.78, 5) is 2.45. The van der Waals surface area contributed by atoms with Gasteiger partial charge in [-0.1, -0.05) is 13.8 Å². The van der Waals surface area contributed by atoms with E-state index in [0.717, 1.165) is 56.1 Å². The van der Waals surface area contributed by atoms with E-state index in [1.807, 2.05) is 12.1 Å². The van der Waals surface area contributed by atoms with E-state index >= 15 is 0 Å². The Kier molecular flexibility index (Phi) is 5.34. The molecule has 0 aromatic heterocycles. The number of anilines is 1. The molecule has 4 nitrogen and oxygen atoms in total. The minimum atomic E-state index is 0.196. The first kappa shape index (κ1) is 16.0. The predicted octanol–water partition coefficient (Wildman–Crippen LogP) is 3.06. The molecule has 0 amide bonds. The van der Waals surface area contributed by atoms with Crippen molar-refractivity contribution in [2.75, 3.05) is 38.8 Å². The summed E-state index contributed by atoms with van der Waals surface area (Å²) in [6.07, 6.45) is 3.42. The zero-order chi connectivity index (χ0) is 15.3. The SMILES string of the molecule is CCC1(CC)CN(c2ccc(OC)cc2OC)CCCN1. The van der Waals surface area contributed by atoms with Crippen LogP contribution in [0.1, 0.15) is 33.1 Å². The monoisotopic (exact) mass is 292 g/mol. The number of nitrogens with one attached hydrogen (secondary N) is 1. The van der Waals surface area contributed by atoms with Crippen LogP contribution in [-0.4, -0.2) is 39.4 Å². The molecule has 0 spiro atoms. The molecule has 0 radical (unpaired) electrons. The minimum Gasteiger partial charge on any atom is -0.497 e. The van der Waals surface area contributed by atoms with Gasteiger partial charge < -0.3 is 19.7 Å². The highest BCUT2D eigenvalue weighted by Crippen LogP contribution is 2.34. The lowest BCUT2D eigenvalue weighted by Gasteiger charge is -2.36. The van der Waals surface area contributed by atoms with Gasteiger partial charge >= 0.3 is 0 Å². The van der Waals surface area contributed by atoms with Crippen molar-refractivity contribution in [2.45, 2.75) is 38.6 Å². The third-order valence-electron chi connectivity index (χ3n) is 4.68. The van der Waals surface area contributed by atoms with Crippen LogP contribution in [0.15, 0.2) is 18.2 Å². The van der Waals surface area contributed by atoms with Crippen LogP contribution in [0.4, 0.5) is 5.69 Å². The van der Waals surface area contributed by atoms with E-state index in [4.69, 9.17) is 9.47 Å². The maximum Gasteiger partial charge on any atom is 0.145 e. The van der Waals surface area contributed by atoms with Crippen molar-refractivity contribution in [1.82, 2.24) is 5.32 Å². The minimum absolute atomic E-state index is 0.196. The molecule has 0 bridgehead atoms. The van der Waals surface area contributed by atoms with Gasteiger partial charge in [0, 0.05) is 24.7 Å². The first-order valence-corrected chi connectivity index (χ1v) is 7.90. The molecule has 118 valence electrons. The molecular formula is C17H28N2O2. The fourth-order valence-corrected chi connectivity index (χ4v) is 3.10. The molecule has 0 saturated carbocycles. The Hall–Kier alpha value is -1.42. The lowest BCUT2D eigenvalue weighted by molar-refractivity contribution is 0.320. The van der Waals surface area contributed by atoms with Gasteiger partial charge in [0.15, 0.2) is 0 Å². The van der Waals surface area contributed by atoms with Gasteiger partial charge in [0.05, 0.1) is 19.9 Å². The lowest BCUT2D eigenvalue weighted by Crippen LogP contribution is -2.50. The van der Waals surface area contributed by atoms with E-state index < -0.39 is 0 Å². The predicted molar refractivity (Wildman–Crippen MR) is 87.7 cm³/mol. The van der Waals surface area contributed by atoms with Crippen molar-refractivity contribution >= 4 is 5.69 Å². The van der Waals surface area contributed by atoms with Crippen LogP contribution in [0.25, 0.3) is 0 Å². The van der Waals surface area contributed by atoms with Crippen LogP contribution in [0.5, 0.6) is 11.5 Å². The summed E-state index contributed by atoms with van der Waals surface area (Å²) in [5, 5.41) is 3.75. The zero-order valence-corrected chi connectivity index (χ0v) is 13.7. The van der Waals surface area contributed by atoms with Gasteiger partial charge in [-0.05, 0) is 37.9 Å². The Bertz CT molecular complexity index is 458. The van der Waals surface area contributed by atoms with Crippen LogP contribution in [-0.2, 0) is 0 Å². The normalized spacial score (nSPS) is 18.2. The van der Waals surface area contributed by atoms with E-state index in [1.165, 1.54) is 0 Å². The number of hydrogen-bond donors (Lipinski definition) is 1. The molecule has 1 aromatic rings. The molecule has 2 rings (SSSR count). The Morgan fingerprint density at radius 2 is 1.95 bits per heavy atom. The molecule has 0 unspecified atom stereocenters. The van der Waals surface area contributed by atoms with Gasteiger partial charge in [-0.25, -0.2) is 0 Å². The summed E-state index contributed by atoms with van der Waals surface area (Å²) < 4.78 is 10.9. The van der Waals surface area contributed by atoms with E-state index in [0.29, 0.717) is 0 Å². The molecule has 1 saturated heterocycles. The molecular weight excluding hydrogens is 264 g/mol. The van der Waals surface area contributed by atoms with Gasteiger partial charge in [-0.15, -0.1) is 0 Å². The molecule has 21 heavy (non-hydrogen) atoms. The number of nitrogens with zero attached hydrogens (tertiary/aromatic N) is 1. The summed E-state index contributed by atoms with van der Waals surface area (Å²) >= 11 is 0. The van der Waals surface area contributed by atoms with Crippen LogP contribution < -0.4 is 19.7 Å². The second-order valence-corrected chi connectivity index (χ2v) is 5.73. The van der Waals surface area contributed by atoms with Crippen LogP contribution in [0, 0.1) is 0 Å². The topological polar surface area (TPSA) is 33.7 Å². The third kappa shape index (κ3) is 3.43. The highest BCUT2D eigenvalue weighted by atomic mass is 16.5. The average Bonchev–Trinajstić information content (AvgIpc) is 2.77. The molecule has 1 N–H and O–H groups in total. The summed E-state index contributed by atoms with van der Waals surface area (Å²) in [6.45, 7) is 7.69. The van der Waals surface area contributed by atoms with E-state index in [-0.39, 0.29) is 5.54 Å². The number of ether oxygens (including phenoxy) is 2. The van der Waals surface area contributed by atoms with Gasteiger partial charge in [-0.2, -0.15) is 0 Å². The quantitative estimate of drug-likeness (QED) is 0.904. The van der Waals surface area contributed by atoms with Gasteiger partial charge in [0.25, 0.3) is 0 Å². The molecule has 1 aliphatic heterocycles. The largest absolute Gasteiger partial charge is 0.497 e. The lowest BCUT2D eigenvalue weighted by atomic mass is 9.92. The third-order valence-corrected chi connectivity index (χ3v) is 4.68. The van der Waals surface area contributed by atoms with Crippen molar-refractivity contribution < 1.29 is 9.47 Å². The smallest absolute Gasteiger partial charge is 0.145 e. The van der Waals surface area contributed by atoms with Crippen molar-refractivity contribution in [3.8, 4) is 11.5 Å². The zero-order valence-electron chi connectivity index (χ0n) is 13.7. The molecule has 1 heterocycles. The Labute approximate surface area is 128 Å². The van der Waals surface area contributed by atoms with Crippen molar-refractivity contribution in [3.63, 3.8) is 0 Å². The van der Waals surface area contributed by atoms with Gasteiger partial charge in [-0.3, -0.25) is 0 Å². The Morgan fingerprint density at radius 3 is 2.57 bits per heavy atom. The van der Waals surface area contributed by atoms with E-state index in [1.54, 1.807) is 14.2 Å². The fourth-order valence-electron chi connectivity index (χ4n) is 3.10. The highest BCUT2D eigenvalue weighted by Gasteiger charge is 2.31. The fraction of sp³-hybridized carbons (Fsp3) is 0.647. The first-order chi connectivity index (χ1) is 10.2. The molecule has 4 heteroatoms. The molecule has 1 aromatic carbocycles. The molecule has 0 atom stereocenters. The van der Waals surface area contributed by atoms with Gasteiger partial charge in [0.1, 0.15) is 11.5 Å². The maximum absolute atomic E-state index is 5.58. The summed E-state index contributed by atoms with van der Waals surface area (Å²) in [6, 6.07) is 6.09. The number of rotatable bonds is 5. The van der Waals surface area contributed by atoms with Crippen LogP contribution >= 0.6 is 0 Å². The number of hydrogen-bond acceptors (Lipinski definition) is 4. The van der Waals surface area contributed by atoms with Gasteiger partial charge in [0.2, 0.25) is 0 Å². The van der Waals surface area contributed by atoms with Crippen molar-refractivity contribution in [2.24, 2.45) is 0 Å². The van der Waals surface area contributed by atoms with E-state index in [9.17, 15) is 0 Å². The summed E-state index contributed by atoms with van der Waals surface area (Å²) in [5.74, 6) is 1.72. The average molecular weight is 292 g/mol. The van der Waals surface area contributed by atoms with Crippen molar-refractivity contribution in [1.29, 1.82) is 0 Å². The highest BCUT2D eigenvalue weighted by molar-refractivity contribution is 5.61. The van der Waals surface area contributed by atoms with Crippen LogP contribution in [0.3, 0.4) is 0 Å². The van der Waals surface area contributed by atoms with Crippen molar-refractivity contribution in [3.05, 3.63) is 18.2 Å². The summed E-state index contributed by atoms with van der Waals surface area (Å²) in [5.41, 5.74) is 1.36. The Morgan fingerprint density at radius 1 is 1.19 bits per heavy atom. The number of benzene rings is 1. The molecule has 1 aliphatic rings. The molecule has 1 fully saturated rings. The van der Waals surface area contributed by atoms with E-state index in [2.05, 4.69) is 30.1 Å². The Balaban J connectivity index is 2.31. The number of methoxy groups -OCH3 is 2. The van der Waals surface area contributed by atoms with Crippen LogP contribution in [0.2, 0.25) is 0 Å². The maximum atomic E-state index is 5.58. The second kappa shape index (κ2) is 7.03. The standard InChI is InChI=1S/C17H28N2O2/c1-5-17(6-2)13-19(11-7-10-18-17)15-9-8-14(20-3)12-16(15)21-4/h8-9,12,18H,5-7,10-11,13H2,1-4H3. The molecule has 0 aliphatic carbocycles. The summed E-state index contributed by atoms with van der Waals surface area (Å²) in [7, 11) is 3.41. The first-order valence-electron chi connectivity index (χ1n) is 7.90. The second-order valence-electron chi connectivity index (χ2n) is 5.73.